The van der Waals surface area contributed by atoms with Crippen molar-refractivity contribution in [3.05, 3.63) is 22.6 Å². The van der Waals surface area contributed by atoms with Gasteiger partial charge in [-0.3, -0.25) is 4.79 Å². The smallest absolute Gasteiger partial charge is 0.268 e. The Bertz CT molecular complexity index is 400. The summed E-state index contributed by atoms with van der Waals surface area (Å²) in [6, 6.07) is 1.92. The summed E-state index contributed by atoms with van der Waals surface area (Å²) in [6.07, 6.45) is 2.71. The number of nitrogens with one attached hydrogen (secondary N) is 1. The third-order valence-electron chi connectivity index (χ3n) is 2.75. The van der Waals surface area contributed by atoms with Crippen LogP contribution in [0.2, 0.25) is 0 Å². The number of anilines is 1. The van der Waals surface area contributed by atoms with Gasteiger partial charge in [0.1, 0.15) is 0 Å². The molecule has 1 unspecified atom stereocenters. The quantitative estimate of drug-likeness (QED) is 0.792. The molecule has 96 valence electrons. The number of hydrogen-bond acceptors (Lipinski definition) is 4. The summed E-state index contributed by atoms with van der Waals surface area (Å²) < 4.78 is 1.52. The van der Waals surface area contributed by atoms with E-state index in [-0.39, 0.29) is 5.56 Å². The van der Waals surface area contributed by atoms with Crippen molar-refractivity contribution in [3.63, 3.8) is 0 Å². The molecule has 0 aliphatic carbocycles. The van der Waals surface area contributed by atoms with E-state index in [0.29, 0.717) is 12.6 Å². The highest BCUT2D eigenvalue weighted by molar-refractivity contribution is 5.40. The molecule has 1 rings (SSSR count). The standard InChI is InChI=1S/C12H22N4O/c1-5-10(13-6-2)9-16-12(17)7-11(8-14-16)15(3)4/h7-8,10,13H,5-6,9H2,1-4H3. The lowest BCUT2D eigenvalue weighted by atomic mass is 10.2. The van der Waals surface area contributed by atoms with E-state index in [1.54, 1.807) is 12.3 Å². The lowest BCUT2D eigenvalue weighted by Gasteiger charge is -2.17. The summed E-state index contributed by atoms with van der Waals surface area (Å²) in [5.41, 5.74) is 0.787. The summed E-state index contributed by atoms with van der Waals surface area (Å²) in [6.45, 7) is 5.69. The predicted octanol–water partition coefficient (Wildman–Crippen LogP) is 0.697. The predicted molar refractivity (Wildman–Crippen MR) is 70.6 cm³/mol. The molecule has 0 aromatic carbocycles. The lowest BCUT2D eigenvalue weighted by Crippen LogP contribution is -2.37. The first-order chi connectivity index (χ1) is 8.08. The molecule has 0 fully saturated rings. The van der Waals surface area contributed by atoms with Crippen LogP contribution in [0.3, 0.4) is 0 Å². The fraction of sp³-hybridized carbons (Fsp3) is 0.667. The molecule has 0 radical (unpaired) electrons. The van der Waals surface area contributed by atoms with Crippen LogP contribution in [0.4, 0.5) is 5.69 Å². The second-order valence-corrected chi connectivity index (χ2v) is 4.29. The Balaban J connectivity index is 2.82. The first-order valence-electron chi connectivity index (χ1n) is 6.06. The summed E-state index contributed by atoms with van der Waals surface area (Å²) in [7, 11) is 3.79. The summed E-state index contributed by atoms with van der Waals surface area (Å²) in [5, 5.41) is 7.53. The van der Waals surface area contributed by atoms with Gasteiger partial charge in [0, 0.05) is 26.2 Å². The van der Waals surface area contributed by atoms with E-state index >= 15 is 0 Å². The Hall–Kier alpha value is -1.36. The molecule has 0 aliphatic rings. The molecule has 0 saturated heterocycles. The Morgan fingerprint density at radius 1 is 1.47 bits per heavy atom. The van der Waals surface area contributed by atoms with Gasteiger partial charge in [0.2, 0.25) is 0 Å². The second-order valence-electron chi connectivity index (χ2n) is 4.29. The van der Waals surface area contributed by atoms with E-state index in [1.165, 1.54) is 4.68 Å². The molecule has 1 atom stereocenters. The highest BCUT2D eigenvalue weighted by Crippen LogP contribution is 2.03. The highest BCUT2D eigenvalue weighted by atomic mass is 16.1. The SMILES string of the molecule is CCNC(CC)Cn1ncc(N(C)C)cc1=O. The zero-order valence-electron chi connectivity index (χ0n) is 11.1. The van der Waals surface area contributed by atoms with Gasteiger partial charge in [0.15, 0.2) is 0 Å². The third kappa shape index (κ3) is 3.85. The first kappa shape index (κ1) is 13.7. The van der Waals surface area contributed by atoms with Gasteiger partial charge >= 0.3 is 0 Å². The molecule has 0 spiro atoms. The largest absolute Gasteiger partial charge is 0.376 e. The van der Waals surface area contributed by atoms with E-state index in [9.17, 15) is 4.79 Å². The van der Waals surface area contributed by atoms with Crippen molar-refractivity contribution in [2.24, 2.45) is 0 Å². The minimum Gasteiger partial charge on any atom is -0.376 e. The van der Waals surface area contributed by atoms with E-state index in [1.807, 2.05) is 19.0 Å². The monoisotopic (exact) mass is 238 g/mol. The number of likely N-dealkylation sites (N-methyl/N-ethyl adjacent to an activating group) is 1. The molecule has 1 aromatic heterocycles. The molecule has 0 saturated carbocycles. The van der Waals surface area contributed by atoms with E-state index in [2.05, 4.69) is 24.3 Å². The summed E-state index contributed by atoms with van der Waals surface area (Å²) >= 11 is 0. The van der Waals surface area contributed by atoms with Crippen LogP contribution in [0.1, 0.15) is 20.3 Å². The van der Waals surface area contributed by atoms with Gasteiger partial charge in [-0.25, -0.2) is 4.68 Å². The van der Waals surface area contributed by atoms with Crippen molar-refractivity contribution in [1.82, 2.24) is 15.1 Å². The minimum atomic E-state index is -0.0486. The van der Waals surface area contributed by atoms with Crippen molar-refractivity contribution in [1.29, 1.82) is 0 Å². The van der Waals surface area contributed by atoms with Crippen molar-refractivity contribution >= 4 is 5.69 Å². The van der Waals surface area contributed by atoms with Crippen molar-refractivity contribution in [2.75, 3.05) is 25.5 Å². The van der Waals surface area contributed by atoms with Crippen LogP contribution in [-0.2, 0) is 6.54 Å². The number of aromatic nitrogens is 2. The molecule has 0 amide bonds. The van der Waals surface area contributed by atoms with Gasteiger partial charge in [-0.1, -0.05) is 13.8 Å². The maximum Gasteiger partial charge on any atom is 0.268 e. The van der Waals surface area contributed by atoms with Crippen LogP contribution in [0.5, 0.6) is 0 Å². The number of hydrogen-bond donors (Lipinski definition) is 1. The average Bonchev–Trinajstić information content (AvgIpc) is 2.30. The highest BCUT2D eigenvalue weighted by Gasteiger charge is 2.08. The van der Waals surface area contributed by atoms with Crippen LogP contribution in [0, 0.1) is 0 Å². The molecule has 1 N–H and O–H groups in total. The van der Waals surface area contributed by atoms with Crippen molar-refractivity contribution in [2.45, 2.75) is 32.9 Å². The molecule has 0 bridgehead atoms. The fourth-order valence-corrected chi connectivity index (χ4v) is 1.64. The van der Waals surface area contributed by atoms with E-state index in [4.69, 9.17) is 0 Å². The molecule has 1 aromatic rings. The van der Waals surface area contributed by atoms with Gasteiger partial charge in [-0.2, -0.15) is 5.10 Å². The minimum absolute atomic E-state index is 0.0486. The average molecular weight is 238 g/mol. The van der Waals surface area contributed by atoms with Gasteiger partial charge in [0.25, 0.3) is 5.56 Å². The van der Waals surface area contributed by atoms with Gasteiger partial charge in [-0.15, -0.1) is 0 Å². The summed E-state index contributed by atoms with van der Waals surface area (Å²) in [4.78, 5) is 13.7. The van der Waals surface area contributed by atoms with Crippen LogP contribution in [0.25, 0.3) is 0 Å². The van der Waals surface area contributed by atoms with E-state index < -0.39 is 0 Å². The molecular formula is C12H22N4O. The molecule has 1 heterocycles. The fourth-order valence-electron chi connectivity index (χ4n) is 1.64. The Morgan fingerprint density at radius 3 is 2.65 bits per heavy atom. The Morgan fingerprint density at radius 2 is 2.18 bits per heavy atom. The molecule has 0 aliphatic heterocycles. The van der Waals surface area contributed by atoms with Crippen LogP contribution in [-0.4, -0.2) is 36.5 Å². The van der Waals surface area contributed by atoms with Gasteiger partial charge in [-0.05, 0) is 13.0 Å². The second kappa shape index (κ2) is 6.39. The Kier molecular flexibility index (Phi) is 5.15. The summed E-state index contributed by atoms with van der Waals surface area (Å²) in [5.74, 6) is 0. The number of rotatable bonds is 6. The van der Waals surface area contributed by atoms with Crippen molar-refractivity contribution < 1.29 is 0 Å². The molecule has 17 heavy (non-hydrogen) atoms. The topological polar surface area (TPSA) is 50.2 Å². The van der Waals surface area contributed by atoms with Crippen LogP contribution in [0.15, 0.2) is 17.1 Å². The zero-order valence-corrected chi connectivity index (χ0v) is 11.1. The third-order valence-corrected chi connectivity index (χ3v) is 2.75. The Labute approximate surface area is 102 Å². The normalized spacial score (nSPS) is 12.5. The van der Waals surface area contributed by atoms with Crippen LogP contribution >= 0.6 is 0 Å². The maximum absolute atomic E-state index is 11.8. The lowest BCUT2D eigenvalue weighted by molar-refractivity contribution is 0.413. The first-order valence-corrected chi connectivity index (χ1v) is 6.06. The molecule has 5 heteroatoms. The number of nitrogens with zero attached hydrogens (tertiary/aromatic N) is 3. The van der Waals surface area contributed by atoms with Gasteiger partial charge < -0.3 is 10.2 Å². The van der Waals surface area contributed by atoms with Crippen molar-refractivity contribution in [3.8, 4) is 0 Å². The molecular weight excluding hydrogens is 216 g/mol. The van der Waals surface area contributed by atoms with E-state index in [0.717, 1.165) is 18.7 Å². The van der Waals surface area contributed by atoms with Gasteiger partial charge in [0.05, 0.1) is 18.4 Å². The maximum atomic E-state index is 11.8. The van der Waals surface area contributed by atoms with Crippen LogP contribution < -0.4 is 15.8 Å². The zero-order chi connectivity index (χ0) is 12.8. The molecule has 5 nitrogen and oxygen atoms in total.